The highest BCUT2D eigenvalue weighted by Gasteiger charge is 2.25. The van der Waals surface area contributed by atoms with E-state index in [-0.39, 0.29) is 23.7 Å². The molecule has 0 saturated heterocycles. The smallest absolute Gasteiger partial charge is 0.387 e. The highest BCUT2D eigenvalue weighted by molar-refractivity contribution is 5.95. The van der Waals surface area contributed by atoms with Crippen LogP contribution in [-0.2, 0) is 6.54 Å². The number of carboxylic acids is 1. The standard InChI is InChI=1S/C23H21F2N3O4/c24-23(25)32-19-9-10-20(27-21(19)31-14-15-7-8-15)28(13-16-4-3-11-26-12-16)18-6-2-1-5-17(18)22(29)30/h1-6,9-12,15,23H,7-8,13-14H2,(H,29,30). The first-order chi connectivity index (χ1) is 15.5. The molecule has 0 radical (unpaired) electrons. The molecular weight excluding hydrogens is 420 g/mol. The summed E-state index contributed by atoms with van der Waals surface area (Å²) in [6.45, 7) is -2.42. The molecule has 0 unspecified atom stereocenters. The first kappa shape index (κ1) is 21.5. The first-order valence-corrected chi connectivity index (χ1v) is 10.1. The Kier molecular flexibility index (Phi) is 6.44. The van der Waals surface area contributed by atoms with Crippen LogP contribution in [0.5, 0.6) is 11.6 Å². The molecular formula is C23H21F2N3O4. The Morgan fingerprint density at radius 3 is 2.66 bits per heavy atom. The van der Waals surface area contributed by atoms with E-state index in [1.54, 1.807) is 41.6 Å². The average molecular weight is 441 g/mol. The maximum Gasteiger partial charge on any atom is 0.387 e. The molecule has 166 valence electrons. The maximum atomic E-state index is 12.9. The van der Waals surface area contributed by atoms with E-state index < -0.39 is 12.6 Å². The molecule has 0 bridgehead atoms. The number of carboxylic acid groups (broad SMARTS) is 1. The van der Waals surface area contributed by atoms with Crippen molar-refractivity contribution in [2.45, 2.75) is 26.0 Å². The molecule has 0 aliphatic heterocycles. The lowest BCUT2D eigenvalue weighted by Gasteiger charge is -2.26. The lowest BCUT2D eigenvalue weighted by Crippen LogP contribution is -2.21. The van der Waals surface area contributed by atoms with Crippen LogP contribution in [0.2, 0.25) is 0 Å². The Morgan fingerprint density at radius 2 is 1.97 bits per heavy atom. The summed E-state index contributed by atoms with van der Waals surface area (Å²) in [6, 6.07) is 13.0. The zero-order valence-electron chi connectivity index (χ0n) is 17.0. The summed E-state index contributed by atoms with van der Waals surface area (Å²) in [5.41, 5.74) is 1.28. The SMILES string of the molecule is O=C(O)c1ccccc1N(Cc1cccnc1)c1ccc(OC(F)F)c(OCC2CC2)n1. The van der Waals surface area contributed by atoms with Gasteiger partial charge in [0.1, 0.15) is 5.82 Å². The lowest BCUT2D eigenvalue weighted by molar-refractivity contribution is -0.0519. The fraction of sp³-hybridized carbons (Fsp3) is 0.261. The van der Waals surface area contributed by atoms with Crippen LogP contribution in [0.4, 0.5) is 20.3 Å². The van der Waals surface area contributed by atoms with Crippen molar-refractivity contribution in [2.24, 2.45) is 5.92 Å². The van der Waals surface area contributed by atoms with E-state index in [9.17, 15) is 18.7 Å². The molecule has 32 heavy (non-hydrogen) atoms. The Hall–Kier alpha value is -3.75. The molecule has 1 N–H and O–H groups in total. The van der Waals surface area contributed by atoms with E-state index in [2.05, 4.69) is 14.7 Å². The molecule has 1 aliphatic rings. The first-order valence-electron chi connectivity index (χ1n) is 10.1. The molecule has 1 aromatic carbocycles. The molecule has 4 rings (SSSR count). The van der Waals surface area contributed by atoms with Crippen molar-refractivity contribution < 1.29 is 28.2 Å². The highest BCUT2D eigenvalue weighted by atomic mass is 19.3. The molecule has 9 heteroatoms. The molecule has 0 atom stereocenters. The summed E-state index contributed by atoms with van der Waals surface area (Å²) < 4.78 is 36.0. The number of benzene rings is 1. The molecule has 2 heterocycles. The molecule has 7 nitrogen and oxygen atoms in total. The third-order valence-corrected chi connectivity index (χ3v) is 4.94. The number of para-hydroxylation sites is 1. The van der Waals surface area contributed by atoms with Crippen molar-refractivity contribution in [3.8, 4) is 11.6 Å². The molecule has 1 fully saturated rings. The van der Waals surface area contributed by atoms with Crippen molar-refractivity contribution in [1.82, 2.24) is 9.97 Å². The number of ether oxygens (including phenoxy) is 2. The largest absolute Gasteiger partial charge is 0.478 e. The zero-order valence-corrected chi connectivity index (χ0v) is 17.0. The normalized spacial score (nSPS) is 13.1. The van der Waals surface area contributed by atoms with Crippen LogP contribution in [0.25, 0.3) is 0 Å². The van der Waals surface area contributed by atoms with Gasteiger partial charge in [-0.25, -0.2) is 4.79 Å². The average Bonchev–Trinajstić information content (AvgIpc) is 3.62. The number of anilines is 2. The summed E-state index contributed by atoms with van der Waals surface area (Å²) in [5.74, 6) is -0.621. The summed E-state index contributed by atoms with van der Waals surface area (Å²) in [5, 5.41) is 9.69. The number of nitrogens with zero attached hydrogens (tertiary/aromatic N) is 3. The second kappa shape index (κ2) is 9.59. The van der Waals surface area contributed by atoms with Crippen LogP contribution in [-0.4, -0.2) is 34.3 Å². The van der Waals surface area contributed by atoms with Crippen LogP contribution in [0.1, 0.15) is 28.8 Å². The number of alkyl halides is 2. The molecule has 0 spiro atoms. The predicted molar refractivity (Wildman–Crippen MR) is 113 cm³/mol. The fourth-order valence-corrected chi connectivity index (χ4v) is 3.19. The monoisotopic (exact) mass is 441 g/mol. The van der Waals surface area contributed by atoms with Gasteiger partial charge in [0.05, 0.1) is 24.4 Å². The van der Waals surface area contributed by atoms with Crippen LogP contribution in [0, 0.1) is 5.92 Å². The number of aromatic carboxylic acids is 1. The summed E-state index contributed by atoms with van der Waals surface area (Å²) in [4.78, 5) is 22.1. The lowest BCUT2D eigenvalue weighted by atomic mass is 10.1. The molecule has 3 aromatic rings. The molecule has 2 aromatic heterocycles. The minimum absolute atomic E-state index is 0.0568. The van der Waals surface area contributed by atoms with Crippen LogP contribution in [0.3, 0.4) is 0 Å². The quantitative estimate of drug-likeness (QED) is 0.479. The number of pyridine rings is 2. The van der Waals surface area contributed by atoms with E-state index in [1.165, 1.54) is 18.2 Å². The number of halogens is 2. The van der Waals surface area contributed by atoms with Gasteiger partial charge in [-0.2, -0.15) is 13.8 Å². The predicted octanol–water partition coefficient (Wildman–Crippen LogP) is 4.90. The number of hydrogen-bond acceptors (Lipinski definition) is 6. The van der Waals surface area contributed by atoms with Crippen molar-refractivity contribution in [3.63, 3.8) is 0 Å². The number of rotatable bonds is 10. The minimum atomic E-state index is -3.02. The van der Waals surface area contributed by atoms with Gasteiger partial charge >= 0.3 is 12.6 Å². The van der Waals surface area contributed by atoms with Gasteiger partial charge in [-0.3, -0.25) is 4.98 Å². The van der Waals surface area contributed by atoms with Crippen molar-refractivity contribution >= 4 is 17.5 Å². The second-order valence-corrected chi connectivity index (χ2v) is 7.38. The number of hydrogen-bond donors (Lipinski definition) is 1. The third-order valence-electron chi connectivity index (χ3n) is 4.94. The van der Waals surface area contributed by atoms with E-state index in [0.29, 0.717) is 24.0 Å². The van der Waals surface area contributed by atoms with E-state index in [4.69, 9.17) is 4.74 Å². The van der Waals surface area contributed by atoms with Gasteiger partial charge in [0.25, 0.3) is 5.88 Å². The van der Waals surface area contributed by atoms with Gasteiger partial charge < -0.3 is 19.5 Å². The third kappa shape index (κ3) is 5.29. The van der Waals surface area contributed by atoms with Gasteiger partial charge in [0.15, 0.2) is 5.75 Å². The fourth-order valence-electron chi connectivity index (χ4n) is 3.19. The Labute approximate surface area is 183 Å². The second-order valence-electron chi connectivity index (χ2n) is 7.38. The van der Waals surface area contributed by atoms with E-state index >= 15 is 0 Å². The molecule has 1 saturated carbocycles. The topological polar surface area (TPSA) is 84.8 Å². The van der Waals surface area contributed by atoms with Crippen LogP contribution >= 0.6 is 0 Å². The zero-order chi connectivity index (χ0) is 22.5. The van der Waals surface area contributed by atoms with Crippen molar-refractivity contribution in [3.05, 3.63) is 72.1 Å². The van der Waals surface area contributed by atoms with Gasteiger partial charge in [0, 0.05) is 12.4 Å². The van der Waals surface area contributed by atoms with Gasteiger partial charge in [-0.1, -0.05) is 18.2 Å². The summed E-state index contributed by atoms with van der Waals surface area (Å²) in [6.07, 6.45) is 5.33. The Bertz CT molecular complexity index is 1080. The maximum absolute atomic E-state index is 12.9. The summed E-state index contributed by atoms with van der Waals surface area (Å²) in [7, 11) is 0. The van der Waals surface area contributed by atoms with Crippen LogP contribution in [0.15, 0.2) is 60.9 Å². The van der Waals surface area contributed by atoms with Gasteiger partial charge in [-0.05, 0) is 54.7 Å². The van der Waals surface area contributed by atoms with Crippen molar-refractivity contribution in [1.29, 1.82) is 0 Å². The number of aromatic nitrogens is 2. The van der Waals surface area contributed by atoms with Crippen LogP contribution < -0.4 is 14.4 Å². The Morgan fingerprint density at radius 1 is 1.16 bits per heavy atom. The van der Waals surface area contributed by atoms with E-state index in [0.717, 1.165) is 18.4 Å². The minimum Gasteiger partial charge on any atom is -0.478 e. The highest BCUT2D eigenvalue weighted by Crippen LogP contribution is 2.36. The van der Waals surface area contributed by atoms with Gasteiger partial charge in [-0.15, -0.1) is 0 Å². The molecule has 0 amide bonds. The van der Waals surface area contributed by atoms with Gasteiger partial charge in [0.2, 0.25) is 0 Å². The van der Waals surface area contributed by atoms with E-state index in [1.807, 2.05) is 6.07 Å². The number of carbonyl (C=O) groups is 1. The summed E-state index contributed by atoms with van der Waals surface area (Å²) >= 11 is 0. The Balaban J connectivity index is 1.76. The van der Waals surface area contributed by atoms with Crippen molar-refractivity contribution in [2.75, 3.05) is 11.5 Å². The molecule has 1 aliphatic carbocycles.